The summed E-state index contributed by atoms with van der Waals surface area (Å²) >= 11 is 0. The number of hydrogen-bond acceptors (Lipinski definition) is 7. The van der Waals surface area contributed by atoms with Crippen molar-refractivity contribution in [2.75, 3.05) is 42.2 Å². The van der Waals surface area contributed by atoms with E-state index in [9.17, 15) is 19.2 Å². The molecule has 12 heteroatoms. The molecule has 1 unspecified atom stereocenters. The van der Waals surface area contributed by atoms with E-state index < -0.39 is 18.2 Å². The molecule has 3 aliphatic rings. The van der Waals surface area contributed by atoms with Crippen LogP contribution in [0.5, 0.6) is 5.75 Å². The van der Waals surface area contributed by atoms with Crippen molar-refractivity contribution in [3.8, 4) is 5.75 Å². The van der Waals surface area contributed by atoms with Gasteiger partial charge in [-0.3, -0.25) is 4.79 Å². The monoisotopic (exact) mass is 640 g/mol. The zero-order valence-corrected chi connectivity index (χ0v) is 26.4. The summed E-state index contributed by atoms with van der Waals surface area (Å²) in [4.78, 5) is 56.0. The molecule has 2 aliphatic heterocycles. The molecule has 47 heavy (non-hydrogen) atoms. The molecule has 6 rings (SSSR count). The van der Waals surface area contributed by atoms with Gasteiger partial charge < -0.3 is 35.2 Å². The summed E-state index contributed by atoms with van der Waals surface area (Å²) in [6, 6.07) is 22.0. The minimum Gasteiger partial charge on any atom is -0.490 e. The van der Waals surface area contributed by atoms with Gasteiger partial charge >= 0.3 is 18.2 Å². The van der Waals surface area contributed by atoms with Crippen molar-refractivity contribution in [1.29, 1.82) is 0 Å². The number of imide groups is 1. The first-order chi connectivity index (χ1) is 22.8. The molecule has 12 nitrogen and oxygen atoms in total. The molecule has 0 radical (unpaired) electrons. The Morgan fingerprint density at radius 1 is 0.894 bits per heavy atom. The fourth-order valence-electron chi connectivity index (χ4n) is 6.27. The first kappa shape index (κ1) is 31.7. The highest BCUT2D eigenvalue weighted by Crippen LogP contribution is 2.27. The minimum absolute atomic E-state index is 0.000705. The smallest absolute Gasteiger partial charge is 0.419 e. The van der Waals surface area contributed by atoms with Crippen LogP contribution in [-0.2, 0) is 16.1 Å². The molecule has 2 saturated heterocycles. The van der Waals surface area contributed by atoms with Crippen molar-refractivity contribution in [2.24, 2.45) is 0 Å². The van der Waals surface area contributed by atoms with Crippen LogP contribution in [0.15, 0.2) is 78.9 Å². The third-order valence-electron chi connectivity index (χ3n) is 8.93. The number of nitrogens with zero attached hydrogens (tertiary/aromatic N) is 3. The molecular formula is C35H40N6O6. The van der Waals surface area contributed by atoms with Gasteiger partial charge in [0.15, 0.2) is 0 Å². The summed E-state index contributed by atoms with van der Waals surface area (Å²) in [7, 11) is 1.70. The quantitative estimate of drug-likeness (QED) is 0.285. The van der Waals surface area contributed by atoms with E-state index in [2.05, 4.69) is 20.9 Å². The zero-order chi connectivity index (χ0) is 32.8. The van der Waals surface area contributed by atoms with Crippen LogP contribution >= 0.6 is 0 Å². The maximum Gasteiger partial charge on any atom is 0.419 e. The molecule has 3 aromatic carbocycles. The van der Waals surface area contributed by atoms with E-state index in [1.165, 1.54) is 12.8 Å². The van der Waals surface area contributed by atoms with Gasteiger partial charge in [0.1, 0.15) is 18.4 Å². The predicted octanol–water partition coefficient (Wildman–Crippen LogP) is 5.42. The van der Waals surface area contributed by atoms with Crippen molar-refractivity contribution in [2.45, 2.75) is 56.9 Å². The number of carbonyl (C=O) groups excluding carboxylic acids is 4. The molecule has 246 valence electrons. The van der Waals surface area contributed by atoms with Crippen LogP contribution < -0.4 is 25.6 Å². The number of rotatable bonds is 9. The predicted molar refractivity (Wildman–Crippen MR) is 177 cm³/mol. The van der Waals surface area contributed by atoms with E-state index in [4.69, 9.17) is 9.47 Å². The lowest BCUT2D eigenvalue weighted by Gasteiger charge is -2.29. The molecule has 1 aliphatic carbocycles. The second kappa shape index (κ2) is 14.4. The SMILES string of the molecule is CN(C(=O)[C@@H]1CNC(=O)N1C(=O)OCc1ccccc1)C1CCN(c2ccc(NC(=O)Nc3ccc(OC4CCCC4)cc3)cc2)C1. The van der Waals surface area contributed by atoms with Crippen LogP contribution in [0.25, 0.3) is 0 Å². The Morgan fingerprint density at radius 3 is 2.23 bits per heavy atom. The lowest BCUT2D eigenvalue weighted by Crippen LogP contribution is -2.52. The number of anilines is 3. The molecule has 1 saturated carbocycles. The summed E-state index contributed by atoms with van der Waals surface area (Å²) in [5.74, 6) is 0.485. The van der Waals surface area contributed by atoms with Gasteiger partial charge in [0.25, 0.3) is 0 Å². The molecule has 0 aromatic heterocycles. The normalized spacial score (nSPS) is 19.3. The number of benzene rings is 3. The topological polar surface area (TPSA) is 133 Å². The average Bonchev–Trinajstić information content (AvgIpc) is 3.87. The van der Waals surface area contributed by atoms with Gasteiger partial charge in [-0.1, -0.05) is 30.3 Å². The second-order valence-corrected chi connectivity index (χ2v) is 12.1. The van der Waals surface area contributed by atoms with Crippen molar-refractivity contribution < 1.29 is 28.7 Å². The third kappa shape index (κ3) is 7.76. The number of urea groups is 2. The molecule has 0 bridgehead atoms. The highest BCUT2D eigenvalue weighted by atomic mass is 16.6. The van der Waals surface area contributed by atoms with Crippen LogP contribution in [0.1, 0.15) is 37.7 Å². The Hall–Kier alpha value is -5.26. The maximum atomic E-state index is 13.5. The Balaban J connectivity index is 0.976. The van der Waals surface area contributed by atoms with Gasteiger partial charge in [0, 0.05) is 43.7 Å². The van der Waals surface area contributed by atoms with Gasteiger partial charge in [-0.15, -0.1) is 0 Å². The molecule has 0 spiro atoms. The molecule has 6 amide bonds. The molecule has 3 N–H and O–H groups in total. The summed E-state index contributed by atoms with van der Waals surface area (Å²) in [6.45, 7) is 1.34. The van der Waals surface area contributed by atoms with E-state index in [-0.39, 0.29) is 37.2 Å². The Kier molecular flexibility index (Phi) is 9.75. The zero-order valence-electron chi connectivity index (χ0n) is 26.4. The highest BCUT2D eigenvalue weighted by molar-refractivity contribution is 6.00. The molecule has 3 fully saturated rings. The summed E-state index contributed by atoms with van der Waals surface area (Å²) in [5, 5.41) is 8.30. The van der Waals surface area contributed by atoms with Gasteiger partial charge in [-0.05, 0) is 86.2 Å². The average molecular weight is 641 g/mol. The number of carbonyl (C=O) groups is 4. The maximum absolute atomic E-state index is 13.5. The third-order valence-corrected chi connectivity index (χ3v) is 8.93. The minimum atomic E-state index is -0.982. The summed E-state index contributed by atoms with van der Waals surface area (Å²) in [6.07, 6.45) is 4.75. The molecule has 3 aromatic rings. The Bertz CT molecular complexity index is 1560. The number of nitrogens with one attached hydrogen (secondary N) is 3. The van der Waals surface area contributed by atoms with E-state index >= 15 is 0 Å². The largest absolute Gasteiger partial charge is 0.490 e. The highest BCUT2D eigenvalue weighted by Gasteiger charge is 2.44. The van der Waals surface area contributed by atoms with Crippen LogP contribution in [0.2, 0.25) is 0 Å². The number of hydrogen-bond donors (Lipinski definition) is 3. The second-order valence-electron chi connectivity index (χ2n) is 12.1. The van der Waals surface area contributed by atoms with Crippen molar-refractivity contribution >= 4 is 41.1 Å². The Morgan fingerprint density at radius 2 is 1.55 bits per heavy atom. The lowest BCUT2D eigenvalue weighted by atomic mass is 10.2. The van der Waals surface area contributed by atoms with Gasteiger partial charge in [0.2, 0.25) is 5.91 Å². The Labute approximate surface area is 274 Å². The van der Waals surface area contributed by atoms with E-state index in [1.807, 2.05) is 78.9 Å². The standard InChI is InChI=1S/C35H40N6O6/c1-39(32(42)31-21-36-34(44)41(31)35(45)46-23-24-7-3-2-4-8-24)28-19-20-40(22-28)27-15-11-25(12-16-27)37-33(43)38-26-13-17-30(18-14-26)47-29-9-5-6-10-29/h2-4,7-8,11-18,28-29,31H,5-6,9-10,19-23H2,1H3,(H,36,44)(H2,37,38,43)/t28?,31-/m0/s1. The number of amides is 6. The van der Waals surface area contributed by atoms with Crippen LogP contribution in [0.3, 0.4) is 0 Å². The van der Waals surface area contributed by atoms with Gasteiger partial charge in [0.05, 0.1) is 12.1 Å². The first-order valence-corrected chi connectivity index (χ1v) is 16.1. The van der Waals surface area contributed by atoms with Gasteiger partial charge in [-0.2, -0.15) is 0 Å². The molecule has 2 heterocycles. The van der Waals surface area contributed by atoms with E-state index in [1.54, 1.807) is 11.9 Å². The van der Waals surface area contributed by atoms with E-state index in [0.717, 1.165) is 47.7 Å². The van der Waals surface area contributed by atoms with Crippen molar-refractivity contribution in [3.63, 3.8) is 0 Å². The van der Waals surface area contributed by atoms with Gasteiger partial charge in [-0.25, -0.2) is 19.3 Å². The van der Waals surface area contributed by atoms with Crippen LogP contribution in [0.4, 0.5) is 31.4 Å². The number of likely N-dealkylation sites (N-methyl/N-ethyl adjacent to an activating group) is 1. The first-order valence-electron chi connectivity index (χ1n) is 16.1. The van der Waals surface area contributed by atoms with Crippen LogP contribution in [-0.4, -0.2) is 78.7 Å². The fourth-order valence-corrected chi connectivity index (χ4v) is 6.27. The molecule has 2 atom stereocenters. The number of ether oxygens (including phenoxy) is 2. The lowest BCUT2D eigenvalue weighted by molar-refractivity contribution is -0.135. The summed E-state index contributed by atoms with van der Waals surface area (Å²) in [5.41, 5.74) is 3.06. The van der Waals surface area contributed by atoms with Crippen molar-refractivity contribution in [1.82, 2.24) is 15.1 Å². The summed E-state index contributed by atoms with van der Waals surface area (Å²) < 4.78 is 11.3. The van der Waals surface area contributed by atoms with Crippen LogP contribution in [0, 0.1) is 0 Å². The van der Waals surface area contributed by atoms with E-state index in [0.29, 0.717) is 17.9 Å². The fraction of sp³-hybridized carbons (Fsp3) is 0.371. The molecular weight excluding hydrogens is 600 g/mol. The van der Waals surface area contributed by atoms with Crippen molar-refractivity contribution in [3.05, 3.63) is 84.4 Å².